The molecular weight excluding hydrogens is 447 g/mol. The van der Waals surface area contributed by atoms with Crippen LogP contribution in [0.4, 0.5) is 4.39 Å². The Kier molecular flexibility index (Phi) is 7.36. The number of benzene rings is 3. The van der Waals surface area contributed by atoms with Crippen LogP contribution in [0.2, 0.25) is 0 Å². The highest BCUT2D eigenvalue weighted by molar-refractivity contribution is 9.10. The van der Waals surface area contributed by atoms with E-state index < -0.39 is 5.91 Å². The van der Waals surface area contributed by atoms with Gasteiger partial charge in [-0.2, -0.15) is 5.26 Å². The van der Waals surface area contributed by atoms with Crippen LogP contribution in [0, 0.1) is 17.1 Å². The Morgan fingerprint density at radius 1 is 1.07 bits per heavy atom. The van der Waals surface area contributed by atoms with Crippen LogP contribution in [0.1, 0.15) is 16.7 Å². The molecular formula is C24H18BrFN2O2. The number of carbonyl (C=O) groups is 1. The zero-order valence-electron chi connectivity index (χ0n) is 15.9. The van der Waals surface area contributed by atoms with E-state index in [0.717, 1.165) is 5.56 Å². The van der Waals surface area contributed by atoms with E-state index in [1.54, 1.807) is 30.3 Å². The Balaban J connectivity index is 1.65. The van der Waals surface area contributed by atoms with Crippen molar-refractivity contribution in [3.8, 4) is 11.8 Å². The molecule has 0 heterocycles. The maximum absolute atomic E-state index is 13.3. The summed E-state index contributed by atoms with van der Waals surface area (Å²) in [5.41, 5.74) is 2.34. The van der Waals surface area contributed by atoms with E-state index >= 15 is 0 Å². The molecule has 0 fully saturated rings. The quantitative estimate of drug-likeness (QED) is 0.376. The van der Waals surface area contributed by atoms with Crippen molar-refractivity contribution in [2.75, 3.05) is 0 Å². The fourth-order valence-electron chi connectivity index (χ4n) is 2.70. The fourth-order valence-corrected chi connectivity index (χ4v) is 3.21. The summed E-state index contributed by atoms with van der Waals surface area (Å²) >= 11 is 3.43. The highest BCUT2D eigenvalue weighted by Gasteiger charge is 2.10. The summed E-state index contributed by atoms with van der Waals surface area (Å²) < 4.78 is 19.6. The van der Waals surface area contributed by atoms with Crippen molar-refractivity contribution in [3.05, 3.63) is 105 Å². The van der Waals surface area contributed by atoms with Crippen LogP contribution in [0.3, 0.4) is 0 Å². The van der Waals surface area contributed by atoms with E-state index in [2.05, 4.69) is 21.2 Å². The fraction of sp³-hybridized carbons (Fsp3) is 0.0833. The lowest BCUT2D eigenvalue weighted by Gasteiger charge is -2.09. The van der Waals surface area contributed by atoms with Crippen LogP contribution < -0.4 is 10.1 Å². The van der Waals surface area contributed by atoms with Crippen molar-refractivity contribution < 1.29 is 13.9 Å². The molecule has 6 heteroatoms. The predicted molar refractivity (Wildman–Crippen MR) is 117 cm³/mol. The molecule has 4 nitrogen and oxygen atoms in total. The van der Waals surface area contributed by atoms with Gasteiger partial charge in [-0.25, -0.2) is 4.39 Å². The summed E-state index contributed by atoms with van der Waals surface area (Å²) in [6, 6.07) is 22.8. The van der Waals surface area contributed by atoms with Crippen LogP contribution in [0.25, 0.3) is 6.08 Å². The molecule has 0 radical (unpaired) electrons. The molecule has 1 amide bonds. The number of amides is 1. The second-order valence-electron chi connectivity index (χ2n) is 6.45. The first-order valence-electron chi connectivity index (χ1n) is 9.16. The van der Waals surface area contributed by atoms with Gasteiger partial charge in [-0.15, -0.1) is 0 Å². The molecule has 30 heavy (non-hydrogen) atoms. The standard InChI is InChI=1S/C24H18BrFN2O2/c25-22-13-18(9-10-23(22)30-16-19-7-4-8-21(26)12-19)11-20(14-27)24(29)28-15-17-5-2-1-3-6-17/h1-13H,15-16H2,(H,28,29)/b20-11-. The summed E-state index contributed by atoms with van der Waals surface area (Å²) in [6.45, 7) is 0.562. The number of nitriles is 1. The molecule has 3 aromatic carbocycles. The number of rotatable bonds is 7. The number of carbonyl (C=O) groups excluding carboxylic acids is 1. The van der Waals surface area contributed by atoms with E-state index in [0.29, 0.717) is 27.9 Å². The van der Waals surface area contributed by atoms with Gasteiger partial charge in [0, 0.05) is 6.54 Å². The number of nitrogens with zero attached hydrogens (tertiary/aromatic N) is 1. The topological polar surface area (TPSA) is 62.1 Å². The molecule has 0 saturated carbocycles. The molecule has 0 spiro atoms. The van der Waals surface area contributed by atoms with Crippen molar-refractivity contribution in [1.82, 2.24) is 5.32 Å². The maximum atomic E-state index is 13.3. The molecule has 0 atom stereocenters. The number of nitrogens with one attached hydrogen (secondary N) is 1. The average Bonchev–Trinajstić information content (AvgIpc) is 2.76. The molecule has 0 aliphatic carbocycles. The number of hydrogen-bond acceptors (Lipinski definition) is 3. The third kappa shape index (κ3) is 6.03. The first-order valence-corrected chi connectivity index (χ1v) is 9.95. The lowest BCUT2D eigenvalue weighted by molar-refractivity contribution is -0.117. The zero-order valence-corrected chi connectivity index (χ0v) is 17.5. The minimum absolute atomic E-state index is 0.00580. The third-order valence-corrected chi connectivity index (χ3v) is 4.83. The van der Waals surface area contributed by atoms with Crippen molar-refractivity contribution in [3.63, 3.8) is 0 Å². The molecule has 0 aromatic heterocycles. The molecule has 0 aliphatic rings. The molecule has 0 aliphatic heterocycles. The van der Waals surface area contributed by atoms with Crippen molar-refractivity contribution in [2.45, 2.75) is 13.2 Å². The van der Waals surface area contributed by atoms with E-state index in [9.17, 15) is 14.4 Å². The Morgan fingerprint density at radius 2 is 1.83 bits per heavy atom. The third-order valence-electron chi connectivity index (χ3n) is 4.21. The van der Waals surface area contributed by atoms with Gasteiger partial charge in [0.05, 0.1) is 4.47 Å². The van der Waals surface area contributed by atoms with Crippen LogP contribution in [-0.4, -0.2) is 5.91 Å². The van der Waals surface area contributed by atoms with E-state index in [-0.39, 0.29) is 18.0 Å². The van der Waals surface area contributed by atoms with Gasteiger partial charge in [0.1, 0.15) is 29.8 Å². The number of ether oxygens (including phenoxy) is 1. The van der Waals surface area contributed by atoms with Gasteiger partial charge < -0.3 is 10.1 Å². The number of halogens is 2. The van der Waals surface area contributed by atoms with Crippen molar-refractivity contribution in [2.24, 2.45) is 0 Å². The number of hydrogen-bond donors (Lipinski definition) is 1. The Labute approximate surface area is 182 Å². The van der Waals surface area contributed by atoms with Crippen molar-refractivity contribution in [1.29, 1.82) is 5.26 Å². The van der Waals surface area contributed by atoms with Gasteiger partial charge in [0.25, 0.3) is 5.91 Å². The van der Waals surface area contributed by atoms with E-state index in [4.69, 9.17) is 4.74 Å². The summed E-state index contributed by atoms with van der Waals surface area (Å²) in [7, 11) is 0. The van der Waals surface area contributed by atoms with Crippen LogP contribution >= 0.6 is 15.9 Å². The van der Waals surface area contributed by atoms with Gasteiger partial charge in [-0.05, 0) is 63.0 Å². The Bertz CT molecular complexity index is 1110. The smallest absolute Gasteiger partial charge is 0.262 e. The summed E-state index contributed by atoms with van der Waals surface area (Å²) in [4.78, 5) is 12.3. The molecule has 3 aromatic rings. The lowest BCUT2D eigenvalue weighted by Crippen LogP contribution is -2.23. The molecule has 0 unspecified atom stereocenters. The first-order chi connectivity index (χ1) is 14.5. The second kappa shape index (κ2) is 10.4. The normalized spacial score (nSPS) is 10.9. The minimum atomic E-state index is -0.441. The summed E-state index contributed by atoms with van der Waals surface area (Å²) in [5, 5.41) is 12.1. The van der Waals surface area contributed by atoms with Crippen LogP contribution in [0.15, 0.2) is 82.8 Å². The highest BCUT2D eigenvalue weighted by Crippen LogP contribution is 2.28. The van der Waals surface area contributed by atoms with Gasteiger partial charge in [-0.3, -0.25) is 4.79 Å². The lowest BCUT2D eigenvalue weighted by atomic mass is 10.1. The molecule has 150 valence electrons. The first kappa shape index (κ1) is 21.3. The van der Waals surface area contributed by atoms with E-state index in [1.807, 2.05) is 36.4 Å². The monoisotopic (exact) mass is 464 g/mol. The second-order valence-corrected chi connectivity index (χ2v) is 7.30. The van der Waals surface area contributed by atoms with Gasteiger partial charge in [0.2, 0.25) is 0 Å². The SMILES string of the molecule is N#C/C(=C/c1ccc(OCc2cccc(F)c2)c(Br)c1)C(=O)NCc1ccccc1. The molecule has 3 rings (SSSR count). The maximum Gasteiger partial charge on any atom is 0.262 e. The highest BCUT2D eigenvalue weighted by atomic mass is 79.9. The predicted octanol–water partition coefficient (Wildman–Crippen LogP) is 5.39. The summed E-state index contributed by atoms with van der Waals surface area (Å²) in [6.07, 6.45) is 1.52. The largest absolute Gasteiger partial charge is 0.488 e. The van der Waals surface area contributed by atoms with Gasteiger partial charge in [-0.1, -0.05) is 48.5 Å². The zero-order chi connectivity index (χ0) is 21.3. The Hall–Kier alpha value is -3.43. The Morgan fingerprint density at radius 3 is 2.53 bits per heavy atom. The van der Waals surface area contributed by atoms with Crippen LogP contribution in [-0.2, 0) is 17.9 Å². The van der Waals surface area contributed by atoms with E-state index in [1.165, 1.54) is 18.2 Å². The van der Waals surface area contributed by atoms with Crippen molar-refractivity contribution >= 4 is 27.9 Å². The van der Waals surface area contributed by atoms with Gasteiger partial charge in [0.15, 0.2) is 0 Å². The van der Waals surface area contributed by atoms with Gasteiger partial charge >= 0.3 is 0 Å². The molecule has 0 saturated heterocycles. The average molecular weight is 465 g/mol. The minimum Gasteiger partial charge on any atom is -0.488 e. The summed E-state index contributed by atoms with van der Waals surface area (Å²) in [5.74, 6) is -0.183. The van der Waals surface area contributed by atoms with Crippen LogP contribution in [0.5, 0.6) is 5.75 Å². The molecule has 0 bridgehead atoms. The molecule has 1 N–H and O–H groups in total.